The summed E-state index contributed by atoms with van der Waals surface area (Å²) >= 11 is 0. The van der Waals surface area contributed by atoms with Crippen LogP contribution in [0.5, 0.6) is 11.5 Å². The zero-order valence-corrected chi connectivity index (χ0v) is 17.8. The number of methoxy groups -OCH3 is 2. The van der Waals surface area contributed by atoms with Crippen LogP contribution in [0.4, 0.5) is 0 Å². The van der Waals surface area contributed by atoms with Gasteiger partial charge in [-0.05, 0) is 32.9 Å². The van der Waals surface area contributed by atoms with E-state index in [4.69, 9.17) is 24.1 Å². The predicted molar refractivity (Wildman–Crippen MR) is 107 cm³/mol. The molecule has 2 aliphatic heterocycles. The molecule has 2 heterocycles. The summed E-state index contributed by atoms with van der Waals surface area (Å²) in [4.78, 5) is 25.6. The Labute approximate surface area is 175 Å². The molecule has 0 unspecified atom stereocenters. The molecule has 3 atom stereocenters. The van der Waals surface area contributed by atoms with Crippen LogP contribution in [0.15, 0.2) is 30.0 Å². The summed E-state index contributed by atoms with van der Waals surface area (Å²) in [5.41, 5.74) is 1.22. The van der Waals surface area contributed by atoms with Crippen molar-refractivity contribution in [1.82, 2.24) is 10.2 Å². The van der Waals surface area contributed by atoms with E-state index >= 15 is 0 Å². The van der Waals surface area contributed by atoms with Crippen LogP contribution in [0.25, 0.3) is 0 Å². The number of β-lactam (4-membered cyclic amide) rings is 1. The minimum absolute atomic E-state index is 0.149. The van der Waals surface area contributed by atoms with Gasteiger partial charge in [0.25, 0.3) is 0 Å². The van der Waals surface area contributed by atoms with E-state index in [1.165, 1.54) is 0 Å². The van der Waals surface area contributed by atoms with Crippen molar-refractivity contribution in [2.75, 3.05) is 20.8 Å². The quantitative estimate of drug-likeness (QED) is 0.482. The molecule has 0 aliphatic carbocycles. The molecule has 9 nitrogen and oxygen atoms in total. The Kier molecular flexibility index (Phi) is 6.23. The highest BCUT2D eigenvalue weighted by molar-refractivity contribution is 5.90. The fourth-order valence-corrected chi connectivity index (χ4v) is 3.84. The molecule has 1 amide bonds. The largest absolute Gasteiger partial charge is 0.497 e. The third-order valence-electron chi connectivity index (χ3n) is 5.22. The molecular weight excluding hydrogens is 392 g/mol. The molecule has 164 valence electrons. The second-order valence-corrected chi connectivity index (χ2v) is 7.79. The molecule has 0 bridgehead atoms. The van der Waals surface area contributed by atoms with E-state index in [0.29, 0.717) is 30.3 Å². The third kappa shape index (κ3) is 4.52. The maximum absolute atomic E-state index is 13.0. The van der Waals surface area contributed by atoms with E-state index in [2.05, 4.69) is 5.32 Å². The number of rotatable bonds is 8. The summed E-state index contributed by atoms with van der Waals surface area (Å²) in [6.45, 7) is 5.91. The van der Waals surface area contributed by atoms with E-state index < -0.39 is 17.8 Å². The van der Waals surface area contributed by atoms with E-state index in [1.807, 2.05) is 26.0 Å². The summed E-state index contributed by atoms with van der Waals surface area (Å²) in [6, 6.07) is 4.50. The zero-order chi connectivity index (χ0) is 22.1. The SMILES string of the molecule is COc1ccc(CN2C(=O)[C@@H](NC(C)=CC(=O)O)[C@H]2[C@@H]2COC(C)(C)O2)c(OC)c1. The summed E-state index contributed by atoms with van der Waals surface area (Å²) in [7, 11) is 3.14. The topological polar surface area (TPSA) is 107 Å². The number of amides is 1. The molecule has 0 saturated carbocycles. The lowest BCUT2D eigenvalue weighted by Gasteiger charge is -2.50. The second-order valence-electron chi connectivity index (χ2n) is 7.79. The minimum atomic E-state index is -1.08. The van der Waals surface area contributed by atoms with Gasteiger partial charge < -0.3 is 34.3 Å². The van der Waals surface area contributed by atoms with Gasteiger partial charge >= 0.3 is 5.97 Å². The zero-order valence-electron chi connectivity index (χ0n) is 17.8. The van der Waals surface area contributed by atoms with Gasteiger partial charge in [0, 0.05) is 29.9 Å². The molecule has 0 aromatic heterocycles. The minimum Gasteiger partial charge on any atom is -0.497 e. The first-order valence-corrected chi connectivity index (χ1v) is 9.66. The van der Waals surface area contributed by atoms with Gasteiger partial charge in [0.2, 0.25) is 5.91 Å². The van der Waals surface area contributed by atoms with Crippen molar-refractivity contribution >= 4 is 11.9 Å². The van der Waals surface area contributed by atoms with Gasteiger partial charge in [-0.25, -0.2) is 4.79 Å². The highest BCUT2D eigenvalue weighted by atomic mass is 16.7. The van der Waals surface area contributed by atoms with Gasteiger partial charge in [-0.2, -0.15) is 0 Å². The van der Waals surface area contributed by atoms with E-state index in [-0.39, 0.29) is 18.1 Å². The molecule has 30 heavy (non-hydrogen) atoms. The van der Waals surface area contributed by atoms with Gasteiger partial charge in [-0.15, -0.1) is 0 Å². The molecule has 9 heteroatoms. The predicted octanol–water partition coefficient (Wildman–Crippen LogP) is 1.51. The van der Waals surface area contributed by atoms with Crippen LogP contribution in [0.1, 0.15) is 26.3 Å². The van der Waals surface area contributed by atoms with Crippen molar-refractivity contribution in [1.29, 1.82) is 0 Å². The van der Waals surface area contributed by atoms with Crippen LogP contribution in [-0.2, 0) is 25.6 Å². The number of benzene rings is 1. The Morgan fingerprint density at radius 3 is 2.67 bits per heavy atom. The lowest BCUT2D eigenvalue weighted by molar-refractivity contribution is -0.174. The number of aliphatic carboxylic acids is 1. The maximum atomic E-state index is 13.0. The van der Waals surface area contributed by atoms with E-state index in [1.54, 1.807) is 32.1 Å². The van der Waals surface area contributed by atoms with Crippen molar-refractivity contribution < 1.29 is 33.6 Å². The molecule has 1 aromatic rings. The first-order valence-electron chi connectivity index (χ1n) is 9.66. The number of nitrogens with zero attached hydrogens (tertiary/aromatic N) is 1. The number of carbonyl (C=O) groups is 2. The number of likely N-dealkylation sites (tertiary alicyclic amines) is 1. The fourth-order valence-electron chi connectivity index (χ4n) is 3.84. The molecule has 2 fully saturated rings. The molecule has 2 aliphatic rings. The normalized spacial score (nSPS) is 25.6. The Hall–Kier alpha value is -2.78. The van der Waals surface area contributed by atoms with Crippen molar-refractivity contribution in [3.05, 3.63) is 35.5 Å². The third-order valence-corrected chi connectivity index (χ3v) is 5.22. The monoisotopic (exact) mass is 420 g/mol. The van der Waals surface area contributed by atoms with Crippen molar-refractivity contribution in [3.63, 3.8) is 0 Å². The van der Waals surface area contributed by atoms with Crippen LogP contribution in [0, 0.1) is 0 Å². The number of allylic oxidation sites excluding steroid dienone is 1. The Balaban J connectivity index is 1.84. The number of nitrogens with one attached hydrogen (secondary N) is 1. The number of carboxylic acids is 1. The lowest BCUT2D eigenvalue weighted by Crippen LogP contribution is -2.73. The number of ether oxygens (including phenoxy) is 4. The molecule has 0 radical (unpaired) electrons. The van der Waals surface area contributed by atoms with Crippen molar-refractivity contribution in [2.45, 2.75) is 51.3 Å². The van der Waals surface area contributed by atoms with E-state index in [0.717, 1.165) is 11.6 Å². The summed E-state index contributed by atoms with van der Waals surface area (Å²) in [5.74, 6) is -0.703. The molecule has 0 spiro atoms. The van der Waals surface area contributed by atoms with Gasteiger partial charge in [-0.3, -0.25) is 4.79 Å². The lowest BCUT2D eigenvalue weighted by atomic mass is 9.89. The Morgan fingerprint density at radius 1 is 1.37 bits per heavy atom. The molecule has 2 saturated heterocycles. The molecule has 1 aromatic carbocycles. The van der Waals surface area contributed by atoms with Gasteiger partial charge in [-0.1, -0.05) is 0 Å². The number of carboxylic acid groups (broad SMARTS) is 1. The highest BCUT2D eigenvalue weighted by Gasteiger charge is 2.54. The maximum Gasteiger partial charge on any atom is 0.330 e. The Bertz CT molecular complexity index is 852. The molecular formula is C21H28N2O7. The van der Waals surface area contributed by atoms with Gasteiger partial charge in [0.1, 0.15) is 23.6 Å². The van der Waals surface area contributed by atoms with Gasteiger partial charge in [0.15, 0.2) is 5.79 Å². The number of hydrogen-bond donors (Lipinski definition) is 2. The summed E-state index contributed by atoms with van der Waals surface area (Å²) < 4.78 is 22.4. The number of carbonyl (C=O) groups excluding carboxylic acids is 1. The summed E-state index contributed by atoms with van der Waals surface area (Å²) in [6.07, 6.45) is 0.687. The highest BCUT2D eigenvalue weighted by Crippen LogP contribution is 2.36. The number of hydrogen-bond acceptors (Lipinski definition) is 7. The average Bonchev–Trinajstić information content (AvgIpc) is 3.04. The first kappa shape index (κ1) is 21.9. The van der Waals surface area contributed by atoms with Gasteiger partial charge in [0.05, 0.1) is 26.9 Å². The van der Waals surface area contributed by atoms with Crippen molar-refractivity contribution in [3.8, 4) is 11.5 Å². The summed E-state index contributed by atoms with van der Waals surface area (Å²) in [5, 5.41) is 12.0. The van der Waals surface area contributed by atoms with E-state index in [9.17, 15) is 9.59 Å². The average molecular weight is 420 g/mol. The van der Waals surface area contributed by atoms with Crippen LogP contribution in [-0.4, -0.2) is 66.7 Å². The standard InChI is InChI=1S/C21H28N2O7/c1-12(8-17(24)25)22-18-19(16-11-29-21(2,3)30-16)23(20(18)26)10-13-6-7-14(27-4)9-15(13)28-5/h6-9,16,18-19,22H,10-11H2,1-5H3,(H,24,25)/t16-,18-,19+/m0/s1. The molecule has 3 rings (SSSR count). The van der Waals surface area contributed by atoms with Crippen LogP contribution >= 0.6 is 0 Å². The van der Waals surface area contributed by atoms with Crippen LogP contribution in [0.2, 0.25) is 0 Å². The molecule has 2 N–H and O–H groups in total. The smallest absolute Gasteiger partial charge is 0.330 e. The second kappa shape index (κ2) is 8.53. The Morgan fingerprint density at radius 2 is 2.10 bits per heavy atom. The fraction of sp³-hybridized carbons (Fsp3) is 0.524. The van der Waals surface area contributed by atoms with Crippen LogP contribution < -0.4 is 14.8 Å². The van der Waals surface area contributed by atoms with Crippen LogP contribution in [0.3, 0.4) is 0 Å². The first-order chi connectivity index (χ1) is 14.1. The van der Waals surface area contributed by atoms with Crippen molar-refractivity contribution in [2.24, 2.45) is 0 Å².